The highest BCUT2D eigenvalue weighted by atomic mass is 32.1. The van der Waals surface area contributed by atoms with Crippen LogP contribution in [0.4, 0.5) is 5.13 Å². The van der Waals surface area contributed by atoms with Gasteiger partial charge in [-0.15, -0.1) is 0 Å². The number of hydrogen-bond acceptors (Lipinski definition) is 5. The Morgan fingerprint density at radius 1 is 1.35 bits per heavy atom. The second kappa shape index (κ2) is 5.79. The summed E-state index contributed by atoms with van der Waals surface area (Å²) in [7, 11) is 0. The van der Waals surface area contributed by atoms with Gasteiger partial charge in [-0.25, -0.2) is 9.78 Å². The third kappa shape index (κ3) is 2.63. The van der Waals surface area contributed by atoms with E-state index in [0.29, 0.717) is 12.2 Å². The number of carbonyl (C=O) groups excluding carboxylic acids is 1. The maximum atomic E-state index is 11.7. The number of fused-ring (bicyclic) bond motifs is 1. The largest absolute Gasteiger partial charge is 0.462 e. The highest BCUT2D eigenvalue weighted by Crippen LogP contribution is 2.31. The number of ether oxygens (including phenoxy) is 1. The predicted molar refractivity (Wildman–Crippen MR) is 81.6 cm³/mol. The van der Waals surface area contributed by atoms with E-state index in [1.54, 1.807) is 17.4 Å². The number of carbonyl (C=O) groups is 1. The van der Waals surface area contributed by atoms with E-state index in [0.717, 1.165) is 28.4 Å². The van der Waals surface area contributed by atoms with Gasteiger partial charge in [0, 0.05) is 13.1 Å². The van der Waals surface area contributed by atoms with E-state index < -0.39 is 0 Å². The van der Waals surface area contributed by atoms with Crippen molar-refractivity contribution in [1.29, 1.82) is 0 Å². The SMILES string of the molecule is CCOC(=O)c1ccc2nc(N3CCCCC3)sc2c1. The van der Waals surface area contributed by atoms with Gasteiger partial charge in [-0.05, 0) is 44.4 Å². The second-order valence-electron chi connectivity index (χ2n) is 4.95. The Kier molecular flexibility index (Phi) is 3.87. The van der Waals surface area contributed by atoms with Crippen molar-refractivity contribution in [3.05, 3.63) is 23.8 Å². The lowest BCUT2D eigenvalue weighted by atomic mass is 10.1. The summed E-state index contributed by atoms with van der Waals surface area (Å²) in [6.45, 7) is 4.39. The fourth-order valence-electron chi connectivity index (χ4n) is 2.47. The molecule has 1 saturated heterocycles. The summed E-state index contributed by atoms with van der Waals surface area (Å²) in [6, 6.07) is 5.59. The van der Waals surface area contributed by atoms with Crippen molar-refractivity contribution < 1.29 is 9.53 Å². The quantitative estimate of drug-likeness (QED) is 0.812. The Balaban J connectivity index is 1.88. The molecule has 1 aromatic heterocycles. The number of benzene rings is 1. The van der Waals surface area contributed by atoms with Crippen LogP contribution in [0.25, 0.3) is 10.2 Å². The molecule has 0 atom stereocenters. The minimum absolute atomic E-state index is 0.262. The van der Waals surface area contributed by atoms with Crippen LogP contribution in [-0.4, -0.2) is 30.6 Å². The van der Waals surface area contributed by atoms with Crippen LogP contribution in [0.1, 0.15) is 36.5 Å². The van der Waals surface area contributed by atoms with Crippen LogP contribution in [0.3, 0.4) is 0 Å². The molecule has 1 aliphatic heterocycles. The molecule has 1 aliphatic rings. The lowest BCUT2D eigenvalue weighted by Crippen LogP contribution is -2.29. The van der Waals surface area contributed by atoms with E-state index in [-0.39, 0.29) is 5.97 Å². The van der Waals surface area contributed by atoms with Crippen molar-refractivity contribution in [3.63, 3.8) is 0 Å². The molecule has 3 rings (SSSR count). The number of esters is 1. The van der Waals surface area contributed by atoms with Crippen LogP contribution in [0.2, 0.25) is 0 Å². The van der Waals surface area contributed by atoms with Gasteiger partial charge in [0.2, 0.25) is 0 Å². The molecule has 0 bridgehead atoms. The number of aromatic nitrogens is 1. The van der Waals surface area contributed by atoms with Crippen LogP contribution in [0.5, 0.6) is 0 Å². The third-order valence-electron chi connectivity index (χ3n) is 3.51. The molecule has 0 aliphatic carbocycles. The first kappa shape index (κ1) is 13.4. The molecule has 0 amide bonds. The Morgan fingerprint density at radius 3 is 2.90 bits per heavy atom. The van der Waals surface area contributed by atoms with Crippen molar-refractivity contribution in [2.24, 2.45) is 0 Å². The Labute approximate surface area is 122 Å². The summed E-state index contributed by atoms with van der Waals surface area (Å²) in [5.41, 5.74) is 1.57. The van der Waals surface area contributed by atoms with E-state index in [9.17, 15) is 4.79 Å². The van der Waals surface area contributed by atoms with Crippen molar-refractivity contribution in [3.8, 4) is 0 Å². The normalized spacial score (nSPS) is 15.6. The van der Waals surface area contributed by atoms with Crippen molar-refractivity contribution in [2.75, 3.05) is 24.6 Å². The van der Waals surface area contributed by atoms with E-state index >= 15 is 0 Å². The van der Waals surface area contributed by atoms with Gasteiger partial charge < -0.3 is 9.64 Å². The van der Waals surface area contributed by atoms with Crippen LogP contribution in [0.15, 0.2) is 18.2 Å². The molecule has 2 aromatic rings. The number of nitrogens with zero attached hydrogens (tertiary/aromatic N) is 2. The van der Waals surface area contributed by atoms with Gasteiger partial charge in [0.1, 0.15) is 0 Å². The molecule has 20 heavy (non-hydrogen) atoms. The number of anilines is 1. The summed E-state index contributed by atoms with van der Waals surface area (Å²) in [5.74, 6) is -0.262. The molecule has 1 fully saturated rings. The average Bonchev–Trinajstić information content (AvgIpc) is 2.91. The Morgan fingerprint density at radius 2 is 2.15 bits per heavy atom. The molecule has 5 heteroatoms. The van der Waals surface area contributed by atoms with E-state index in [2.05, 4.69) is 9.88 Å². The minimum Gasteiger partial charge on any atom is -0.462 e. The van der Waals surface area contributed by atoms with Crippen molar-refractivity contribution in [1.82, 2.24) is 4.98 Å². The summed E-state index contributed by atoms with van der Waals surface area (Å²) in [5, 5.41) is 1.07. The third-order valence-corrected chi connectivity index (χ3v) is 4.59. The van der Waals surface area contributed by atoms with Crippen molar-refractivity contribution >= 4 is 32.7 Å². The highest BCUT2D eigenvalue weighted by molar-refractivity contribution is 7.22. The lowest BCUT2D eigenvalue weighted by molar-refractivity contribution is 0.0526. The Bertz CT molecular complexity index is 617. The lowest BCUT2D eigenvalue weighted by Gasteiger charge is -2.25. The van der Waals surface area contributed by atoms with Crippen LogP contribution < -0.4 is 4.90 Å². The van der Waals surface area contributed by atoms with Gasteiger partial charge in [0.05, 0.1) is 22.4 Å². The smallest absolute Gasteiger partial charge is 0.338 e. The first-order chi connectivity index (χ1) is 9.78. The number of rotatable bonds is 3. The molecule has 0 unspecified atom stereocenters. The van der Waals surface area contributed by atoms with E-state index in [1.165, 1.54) is 19.3 Å². The van der Waals surface area contributed by atoms with Gasteiger partial charge in [0.25, 0.3) is 0 Å². The van der Waals surface area contributed by atoms with Gasteiger partial charge >= 0.3 is 5.97 Å². The zero-order valence-corrected chi connectivity index (χ0v) is 12.4. The Hall–Kier alpha value is -1.62. The first-order valence-corrected chi connectivity index (χ1v) is 7.92. The fourth-order valence-corrected chi connectivity index (χ4v) is 3.53. The minimum atomic E-state index is -0.262. The average molecular weight is 290 g/mol. The number of hydrogen-bond donors (Lipinski definition) is 0. The van der Waals surface area contributed by atoms with Gasteiger partial charge in [-0.3, -0.25) is 0 Å². The molecule has 1 aromatic carbocycles. The van der Waals surface area contributed by atoms with Crippen LogP contribution in [-0.2, 0) is 4.74 Å². The van der Waals surface area contributed by atoms with E-state index in [1.807, 2.05) is 19.1 Å². The number of piperidine rings is 1. The summed E-state index contributed by atoms with van der Waals surface area (Å²) in [4.78, 5) is 18.8. The molecule has 0 radical (unpaired) electrons. The monoisotopic (exact) mass is 290 g/mol. The summed E-state index contributed by atoms with van der Waals surface area (Å²) in [6.07, 6.45) is 3.79. The molecule has 2 heterocycles. The maximum absolute atomic E-state index is 11.7. The molecule has 0 saturated carbocycles. The second-order valence-corrected chi connectivity index (χ2v) is 5.96. The molecule has 0 N–H and O–H groups in total. The van der Waals surface area contributed by atoms with Crippen LogP contribution >= 0.6 is 11.3 Å². The maximum Gasteiger partial charge on any atom is 0.338 e. The molecule has 4 nitrogen and oxygen atoms in total. The topological polar surface area (TPSA) is 42.4 Å². The molecule has 0 spiro atoms. The fraction of sp³-hybridized carbons (Fsp3) is 0.467. The van der Waals surface area contributed by atoms with Crippen molar-refractivity contribution in [2.45, 2.75) is 26.2 Å². The number of thiazole rings is 1. The molecular formula is C15H18N2O2S. The summed E-state index contributed by atoms with van der Waals surface area (Å²) < 4.78 is 6.09. The van der Waals surface area contributed by atoms with Gasteiger partial charge in [-0.1, -0.05) is 11.3 Å². The van der Waals surface area contributed by atoms with Gasteiger partial charge in [0.15, 0.2) is 5.13 Å². The molecular weight excluding hydrogens is 272 g/mol. The highest BCUT2D eigenvalue weighted by Gasteiger charge is 2.16. The predicted octanol–water partition coefficient (Wildman–Crippen LogP) is 3.46. The summed E-state index contributed by atoms with van der Waals surface area (Å²) >= 11 is 1.66. The zero-order chi connectivity index (χ0) is 13.9. The van der Waals surface area contributed by atoms with Crippen LogP contribution in [0, 0.1) is 0 Å². The first-order valence-electron chi connectivity index (χ1n) is 7.10. The standard InChI is InChI=1S/C15H18N2O2S/c1-2-19-14(18)11-6-7-12-13(10-11)20-15(16-12)17-8-4-3-5-9-17/h6-7,10H,2-5,8-9H2,1H3. The molecule has 106 valence electrons. The van der Waals surface area contributed by atoms with Gasteiger partial charge in [-0.2, -0.15) is 0 Å². The zero-order valence-electron chi connectivity index (χ0n) is 11.6. The van der Waals surface area contributed by atoms with E-state index in [4.69, 9.17) is 4.74 Å².